The molecule has 3 atom stereocenters. The number of urea groups is 1. The van der Waals surface area contributed by atoms with Crippen molar-refractivity contribution in [3.63, 3.8) is 0 Å². The van der Waals surface area contributed by atoms with Crippen molar-refractivity contribution in [3.05, 3.63) is 58.6 Å². The number of benzene rings is 2. The van der Waals surface area contributed by atoms with E-state index in [1.165, 1.54) is 30.6 Å². The Kier molecular flexibility index (Phi) is 6.56. The molecule has 3 N–H and O–H groups in total. The molecule has 1 aliphatic rings. The molecule has 1 aliphatic heterocycles. The Bertz CT molecular complexity index is 1030. The summed E-state index contributed by atoms with van der Waals surface area (Å²) in [6, 6.07) is 8.43. The molecule has 0 aromatic heterocycles. The van der Waals surface area contributed by atoms with Crippen LogP contribution in [0, 0.1) is 5.92 Å². The van der Waals surface area contributed by atoms with E-state index in [-0.39, 0.29) is 23.7 Å². The Hall–Kier alpha value is -2.98. The summed E-state index contributed by atoms with van der Waals surface area (Å²) < 4.78 is 51.8. The molecule has 0 saturated carbocycles. The zero-order valence-electron chi connectivity index (χ0n) is 17.0. The lowest BCUT2D eigenvalue weighted by Crippen LogP contribution is -2.72. The first-order chi connectivity index (χ1) is 15.0. The van der Waals surface area contributed by atoms with Gasteiger partial charge in [-0.1, -0.05) is 35.9 Å². The first-order valence-corrected chi connectivity index (χ1v) is 9.78. The molecule has 1 saturated heterocycles. The number of hydrogen-bond acceptors (Lipinski definition) is 5. The fourth-order valence-electron chi connectivity index (χ4n) is 3.57. The number of nitrogens with one attached hydrogen (secondary N) is 2. The van der Waals surface area contributed by atoms with Crippen molar-refractivity contribution in [3.8, 4) is 11.5 Å². The minimum Gasteiger partial charge on any atom is -0.493 e. The van der Waals surface area contributed by atoms with Crippen LogP contribution in [0.5, 0.6) is 11.5 Å². The van der Waals surface area contributed by atoms with Crippen molar-refractivity contribution in [1.82, 2.24) is 10.6 Å². The minimum absolute atomic E-state index is 0.101. The molecule has 0 spiro atoms. The van der Waals surface area contributed by atoms with E-state index in [0.29, 0.717) is 10.6 Å². The summed E-state index contributed by atoms with van der Waals surface area (Å²) >= 11 is 6.11. The molecule has 7 nitrogen and oxygen atoms in total. The molecule has 2 aromatic rings. The standard InChI is InChI=1S/C21H20ClF3N2O5/c1-11(28)17-18(26-19(29)27-20(17,30)21(23,24)25)12-7-8-15(16(9-12)31-2)32-10-13-5-3-4-6-14(13)22/h3-9,17-18,30H,10H2,1-2H3,(H2,26,27,29)/t17-,18+,20+/m1/s1. The fraction of sp³-hybridized carbons (Fsp3) is 0.333. The van der Waals surface area contributed by atoms with E-state index in [1.807, 2.05) is 0 Å². The van der Waals surface area contributed by atoms with E-state index in [0.717, 1.165) is 6.92 Å². The van der Waals surface area contributed by atoms with E-state index >= 15 is 0 Å². The summed E-state index contributed by atoms with van der Waals surface area (Å²) in [5, 5.41) is 14.5. The normalized spacial score (nSPS) is 23.2. The number of aliphatic hydroxyl groups is 1. The fourth-order valence-corrected chi connectivity index (χ4v) is 3.76. The average Bonchev–Trinajstić information content (AvgIpc) is 2.71. The first-order valence-electron chi connectivity index (χ1n) is 9.40. The van der Waals surface area contributed by atoms with Crippen molar-refractivity contribution in [2.24, 2.45) is 5.92 Å². The van der Waals surface area contributed by atoms with Gasteiger partial charge in [-0.15, -0.1) is 0 Å². The molecule has 2 amide bonds. The summed E-state index contributed by atoms with van der Waals surface area (Å²) in [4.78, 5) is 24.1. The minimum atomic E-state index is -5.29. The highest BCUT2D eigenvalue weighted by atomic mass is 35.5. The number of rotatable bonds is 6. The van der Waals surface area contributed by atoms with Crippen molar-refractivity contribution >= 4 is 23.4 Å². The van der Waals surface area contributed by atoms with Crippen LogP contribution >= 0.6 is 11.6 Å². The monoisotopic (exact) mass is 472 g/mol. The first kappa shape index (κ1) is 23.7. The van der Waals surface area contributed by atoms with Crippen LogP contribution in [0.1, 0.15) is 24.1 Å². The molecule has 0 unspecified atom stereocenters. The van der Waals surface area contributed by atoms with Crippen molar-refractivity contribution < 1.29 is 37.3 Å². The van der Waals surface area contributed by atoms with E-state index in [9.17, 15) is 27.9 Å². The molecule has 1 heterocycles. The van der Waals surface area contributed by atoms with E-state index in [1.54, 1.807) is 24.3 Å². The Morgan fingerprint density at radius 2 is 1.91 bits per heavy atom. The highest BCUT2D eigenvalue weighted by Gasteiger charge is 2.65. The van der Waals surface area contributed by atoms with Crippen LogP contribution in [-0.4, -0.2) is 35.9 Å². The molecule has 3 rings (SSSR count). The molecule has 0 bridgehead atoms. The lowest BCUT2D eigenvalue weighted by atomic mass is 9.79. The van der Waals surface area contributed by atoms with Crippen LogP contribution in [-0.2, 0) is 11.4 Å². The largest absolute Gasteiger partial charge is 0.493 e. The molecule has 2 aromatic carbocycles. The Morgan fingerprint density at radius 1 is 1.22 bits per heavy atom. The quantitative estimate of drug-likeness (QED) is 0.595. The van der Waals surface area contributed by atoms with Crippen molar-refractivity contribution in [2.75, 3.05) is 7.11 Å². The number of hydrogen-bond donors (Lipinski definition) is 3. The molecule has 11 heteroatoms. The predicted octanol–water partition coefficient (Wildman–Crippen LogP) is 3.74. The third-order valence-electron chi connectivity index (χ3n) is 5.13. The lowest BCUT2D eigenvalue weighted by Gasteiger charge is -2.44. The smallest absolute Gasteiger partial charge is 0.437 e. The molecule has 172 valence electrons. The van der Waals surface area contributed by atoms with Crippen molar-refractivity contribution in [1.29, 1.82) is 0 Å². The number of ether oxygens (including phenoxy) is 2. The second kappa shape index (κ2) is 8.87. The summed E-state index contributed by atoms with van der Waals surface area (Å²) in [5.74, 6) is -2.60. The van der Waals surface area contributed by atoms with E-state index < -0.39 is 35.7 Å². The Labute approximate surface area is 186 Å². The van der Waals surface area contributed by atoms with Gasteiger partial charge in [0, 0.05) is 10.6 Å². The van der Waals surface area contributed by atoms with Crippen LogP contribution < -0.4 is 20.1 Å². The number of methoxy groups -OCH3 is 1. The highest BCUT2D eigenvalue weighted by Crippen LogP contribution is 2.44. The zero-order valence-corrected chi connectivity index (χ0v) is 17.8. The summed E-state index contributed by atoms with van der Waals surface area (Å²) in [7, 11) is 1.33. The SMILES string of the molecule is COc1cc([C@@H]2NC(=O)N[C@@](O)(C(F)(F)F)[C@@H]2C(C)=O)ccc1OCc1ccccc1Cl. The van der Waals surface area contributed by atoms with Gasteiger partial charge in [0.25, 0.3) is 0 Å². The molecule has 0 aliphatic carbocycles. The Morgan fingerprint density at radius 3 is 2.50 bits per heavy atom. The topological polar surface area (TPSA) is 96.9 Å². The van der Waals surface area contributed by atoms with Gasteiger partial charge in [0.05, 0.1) is 19.1 Å². The number of alkyl halides is 3. The predicted molar refractivity (Wildman–Crippen MR) is 108 cm³/mol. The van der Waals surface area contributed by atoms with Crippen LogP contribution in [0.25, 0.3) is 0 Å². The van der Waals surface area contributed by atoms with Gasteiger partial charge in [-0.05, 0) is 30.7 Å². The van der Waals surface area contributed by atoms with Gasteiger partial charge in [-0.2, -0.15) is 13.2 Å². The number of carbonyl (C=O) groups is 2. The second-order valence-corrected chi connectivity index (χ2v) is 7.63. The van der Waals surface area contributed by atoms with Gasteiger partial charge in [-0.25, -0.2) is 4.79 Å². The third-order valence-corrected chi connectivity index (χ3v) is 5.50. The van der Waals surface area contributed by atoms with Crippen molar-refractivity contribution in [2.45, 2.75) is 31.5 Å². The van der Waals surface area contributed by atoms with E-state index in [2.05, 4.69) is 5.32 Å². The maximum absolute atomic E-state index is 13.6. The molecule has 0 radical (unpaired) electrons. The van der Waals surface area contributed by atoms with Crippen LogP contribution in [0.4, 0.5) is 18.0 Å². The number of amides is 2. The van der Waals surface area contributed by atoms with Gasteiger partial charge in [0.15, 0.2) is 11.5 Å². The zero-order chi connectivity index (χ0) is 23.7. The maximum atomic E-state index is 13.6. The van der Waals surface area contributed by atoms with Crippen LogP contribution in [0.2, 0.25) is 5.02 Å². The van der Waals surface area contributed by atoms with Crippen LogP contribution in [0.3, 0.4) is 0 Å². The number of Topliss-reactive ketones (excluding diaryl/α,β-unsaturated/α-hetero) is 1. The van der Waals surface area contributed by atoms with Gasteiger partial charge >= 0.3 is 12.2 Å². The molecular weight excluding hydrogens is 453 g/mol. The van der Waals surface area contributed by atoms with Gasteiger partial charge in [-0.3, -0.25) is 4.79 Å². The summed E-state index contributed by atoms with van der Waals surface area (Å²) in [6.07, 6.45) is -5.29. The third kappa shape index (κ3) is 4.46. The summed E-state index contributed by atoms with van der Waals surface area (Å²) in [6.45, 7) is 1.01. The number of ketones is 1. The summed E-state index contributed by atoms with van der Waals surface area (Å²) in [5.41, 5.74) is -2.92. The van der Waals surface area contributed by atoms with Gasteiger partial charge < -0.3 is 25.2 Å². The molecular formula is C21H20ClF3N2O5. The molecule has 32 heavy (non-hydrogen) atoms. The van der Waals surface area contributed by atoms with Crippen LogP contribution in [0.15, 0.2) is 42.5 Å². The second-order valence-electron chi connectivity index (χ2n) is 7.22. The van der Waals surface area contributed by atoms with E-state index in [4.69, 9.17) is 21.1 Å². The number of carbonyl (C=O) groups excluding carboxylic acids is 2. The average molecular weight is 473 g/mol. The van der Waals surface area contributed by atoms with Gasteiger partial charge in [0.1, 0.15) is 12.4 Å². The Balaban J connectivity index is 1.94. The lowest BCUT2D eigenvalue weighted by molar-refractivity contribution is -0.290. The molecule has 1 fully saturated rings. The number of halogens is 4. The van der Waals surface area contributed by atoms with Gasteiger partial charge in [0.2, 0.25) is 5.72 Å². The maximum Gasteiger partial charge on any atom is 0.437 e. The highest BCUT2D eigenvalue weighted by molar-refractivity contribution is 6.31.